The highest BCUT2D eigenvalue weighted by molar-refractivity contribution is 4.82. The topological polar surface area (TPSA) is 32.3 Å². The summed E-state index contributed by atoms with van der Waals surface area (Å²) in [6, 6.07) is 0. The maximum Gasteiger partial charge on any atom is 0.0610 e. The lowest BCUT2D eigenvalue weighted by Crippen LogP contribution is -2.47. The third kappa shape index (κ3) is 3.58. The standard InChI is InChI=1S/C12H25NO/c1-3-12(2,10-14)13-9-11-7-5-4-6-8-11/h11,13-14H,3-10H2,1-2H3. The van der Waals surface area contributed by atoms with Crippen molar-refractivity contribution in [2.24, 2.45) is 5.92 Å². The molecule has 1 aliphatic rings. The molecule has 2 N–H and O–H groups in total. The van der Waals surface area contributed by atoms with Gasteiger partial charge in [-0.1, -0.05) is 26.2 Å². The van der Waals surface area contributed by atoms with Crippen LogP contribution in [0.25, 0.3) is 0 Å². The maximum atomic E-state index is 9.25. The van der Waals surface area contributed by atoms with Gasteiger partial charge < -0.3 is 10.4 Å². The lowest BCUT2D eigenvalue weighted by atomic mass is 9.88. The molecular formula is C12H25NO. The third-order valence-corrected chi connectivity index (χ3v) is 3.67. The number of hydrogen-bond acceptors (Lipinski definition) is 2. The zero-order valence-corrected chi connectivity index (χ0v) is 9.68. The zero-order valence-electron chi connectivity index (χ0n) is 9.68. The van der Waals surface area contributed by atoms with Crippen LogP contribution in [0, 0.1) is 5.92 Å². The molecule has 1 aliphatic carbocycles. The molecule has 14 heavy (non-hydrogen) atoms. The molecule has 0 bridgehead atoms. The van der Waals surface area contributed by atoms with E-state index in [4.69, 9.17) is 0 Å². The van der Waals surface area contributed by atoms with Gasteiger partial charge in [-0.15, -0.1) is 0 Å². The molecule has 1 unspecified atom stereocenters. The number of rotatable bonds is 5. The highest BCUT2D eigenvalue weighted by atomic mass is 16.3. The molecule has 2 nitrogen and oxygen atoms in total. The van der Waals surface area contributed by atoms with Crippen molar-refractivity contribution >= 4 is 0 Å². The highest BCUT2D eigenvalue weighted by Crippen LogP contribution is 2.23. The number of aliphatic hydroxyl groups is 1. The molecule has 84 valence electrons. The number of hydrogen-bond donors (Lipinski definition) is 2. The van der Waals surface area contributed by atoms with Crippen molar-refractivity contribution in [2.75, 3.05) is 13.2 Å². The first-order valence-electron chi connectivity index (χ1n) is 6.06. The minimum atomic E-state index is -0.0581. The van der Waals surface area contributed by atoms with E-state index in [-0.39, 0.29) is 12.1 Å². The summed E-state index contributed by atoms with van der Waals surface area (Å²) in [5.41, 5.74) is -0.0581. The average Bonchev–Trinajstić information content (AvgIpc) is 2.27. The van der Waals surface area contributed by atoms with Crippen molar-refractivity contribution in [3.63, 3.8) is 0 Å². The van der Waals surface area contributed by atoms with Gasteiger partial charge in [-0.25, -0.2) is 0 Å². The van der Waals surface area contributed by atoms with Gasteiger partial charge in [-0.2, -0.15) is 0 Å². The van der Waals surface area contributed by atoms with Gasteiger partial charge in [0.2, 0.25) is 0 Å². The molecule has 1 atom stereocenters. The van der Waals surface area contributed by atoms with Gasteiger partial charge in [0.15, 0.2) is 0 Å². The van der Waals surface area contributed by atoms with Gasteiger partial charge in [0.25, 0.3) is 0 Å². The van der Waals surface area contributed by atoms with Crippen LogP contribution in [-0.2, 0) is 0 Å². The minimum absolute atomic E-state index is 0.0581. The van der Waals surface area contributed by atoms with E-state index in [0.717, 1.165) is 18.9 Å². The zero-order chi connectivity index (χ0) is 10.4. The second kappa shape index (κ2) is 5.72. The first kappa shape index (κ1) is 12.0. The first-order valence-corrected chi connectivity index (χ1v) is 6.06. The molecule has 0 aromatic rings. The van der Waals surface area contributed by atoms with Crippen LogP contribution in [0.4, 0.5) is 0 Å². The molecular weight excluding hydrogens is 174 g/mol. The Balaban J connectivity index is 2.23. The van der Waals surface area contributed by atoms with Crippen LogP contribution in [0.1, 0.15) is 52.4 Å². The van der Waals surface area contributed by atoms with E-state index in [1.54, 1.807) is 0 Å². The summed E-state index contributed by atoms with van der Waals surface area (Å²) in [5.74, 6) is 0.848. The van der Waals surface area contributed by atoms with E-state index < -0.39 is 0 Å². The van der Waals surface area contributed by atoms with E-state index >= 15 is 0 Å². The Morgan fingerprint density at radius 1 is 1.29 bits per heavy atom. The molecule has 0 radical (unpaired) electrons. The SMILES string of the molecule is CCC(C)(CO)NCC1CCCCC1. The Morgan fingerprint density at radius 2 is 1.93 bits per heavy atom. The van der Waals surface area contributed by atoms with E-state index in [1.165, 1.54) is 32.1 Å². The van der Waals surface area contributed by atoms with E-state index in [0.29, 0.717) is 0 Å². The Hall–Kier alpha value is -0.0800. The van der Waals surface area contributed by atoms with Crippen molar-refractivity contribution in [1.82, 2.24) is 5.32 Å². The second-order valence-electron chi connectivity index (χ2n) is 4.96. The summed E-state index contributed by atoms with van der Waals surface area (Å²) >= 11 is 0. The van der Waals surface area contributed by atoms with Crippen LogP contribution in [0.2, 0.25) is 0 Å². The lowest BCUT2D eigenvalue weighted by molar-refractivity contribution is 0.160. The van der Waals surface area contributed by atoms with Gasteiger partial charge in [0.05, 0.1) is 6.61 Å². The van der Waals surface area contributed by atoms with Crippen molar-refractivity contribution in [1.29, 1.82) is 0 Å². The molecule has 0 aromatic heterocycles. The van der Waals surface area contributed by atoms with Crippen molar-refractivity contribution < 1.29 is 5.11 Å². The predicted molar refractivity (Wildman–Crippen MR) is 60.4 cm³/mol. The van der Waals surface area contributed by atoms with Gasteiger partial charge in [-0.3, -0.25) is 0 Å². The molecule has 1 saturated carbocycles. The molecule has 0 aromatic carbocycles. The van der Waals surface area contributed by atoms with Crippen LogP contribution in [0.3, 0.4) is 0 Å². The largest absolute Gasteiger partial charge is 0.394 e. The van der Waals surface area contributed by atoms with Crippen molar-refractivity contribution in [2.45, 2.75) is 57.9 Å². The fourth-order valence-electron chi connectivity index (χ4n) is 2.07. The summed E-state index contributed by atoms with van der Waals surface area (Å²) < 4.78 is 0. The molecule has 1 fully saturated rings. The molecule has 0 amide bonds. The molecule has 0 aliphatic heterocycles. The average molecular weight is 199 g/mol. The minimum Gasteiger partial charge on any atom is -0.394 e. The van der Waals surface area contributed by atoms with Gasteiger partial charge in [0, 0.05) is 5.54 Å². The third-order valence-electron chi connectivity index (χ3n) is 3.67. The van der Waals surface area contributed by atoms with Crippen LogP contribution < -0.4 is 5.32 Å². The summed E-state index contributed by atoms with van der Waals surface area (Å²) in [6.07, 6.45) is 7.96. The highest BCUT2D eigenvalue weighted by Gasteiger charge is 2.22. The summed E-state index contributed by atoms with van der Waals surface area (Å²) in [6.45, 7) is 5.57. The van der Waals surface area contributed by atoms with E-state index in [1.807, 2.05) is 0 Å². The second-order valence-corrected chi connectivity index (χ2v) is 4.96. The van der Waals surface area contributed by atoms with Gasteiger partial charge >= 0.3 is 0 Å². The summed E-state index contributed by atoms with van der Waals surface area (Å²) in [5, 5.41) is 12.8. The van der Waals surface area contributed by atoms with Crippen LogP contribution in [0.5, 0.6) is 0 Å². The van der Waals surface area contributed by atoms with Crippen LogP contribution in [0.15, 0.2) is 0 Å². The summed E-state index contributed by atoms with van der Waals surface area (Å²) in [4.78, 5) is 0. The lowest BCUT2D eigenvalue weighted by Gasteiger charge is -2.31. The smallest absolute Gasteiger partial charge is 0.0610 e. The first-order chi connectivity index (χ1) is 6.70. The maximum absolute atomic E-state index is 9.25. The predicted octanol–water partition coefficient (Wildman–Crippen LogP) is 2.32. The van der Waals surface area contributed by atoms with Gasteiger partial charge in [0.1, 0.15) is 0 Å². The fourth-order valence-corrected chi connectivity index (χ4v) is 2.07. The van der Waals surface area contributed by atoms with Crippen LogP contribution >= 0.6 is 0 Å². The van der Waals surface area contributed by atoms with Crippen molar-refractivity contribution in [3.05, 3.63) is 0 Å². The van der Waals surface area contributed by atoms with E-state index in [9.17, 15) is 5.11 Å². The fraction of sp³-hybridized carbons (Fsp3) is 1.00. The summed E-state index contributed by atoms with van der Waals surface area (Å²) in [7, 11) is 0. The Kier molecular flexibility index (Phi) is 4.90. The monoisotopic (exact) mass is 199 g/mol. The Morgan fingerprint density at radius 3 is 2.43 bits per heavy atom. The molecule has 1 rings (SSSR count). The van der Waals surface area contributed by atoms with Crippen LogP contribution in [-0.4, -0.2) is 23.8 Å². The Labute approximate surface area is 88.1 Å². The molecule has 0 spiro atoms. The Bertz CT molecular complexity index is 148. The quantitative estimate of drug-likeness (QED) is 0.712. The molecule has 0 heterocycles. The van der Waals surface area contributed by atoms with E-state index in [2.05, 4.69) is 19.2 Å². The number of nitrogens with one attached hydrogen (secondary N) is 1. The molecule has 0 saturated heterocycles. The van der Waals surface area contributed by atoms with Gasteiger partial charge in [-0.05, 0) is 38.6 Å². The molecule has 2 heteroatoms. The normalized spacial score (nSPS) is 23.4. The van der Waals surface area contributed by atoms with Crippen molar-refractivity contribution in [3.8, 4) is 0 Å². The number of aliphatic hydroxyl groups excluding tert-OH is 1.